The molecule has 156 valence electrons. The van der Waals surface area contributed by atoms with Gasteiger partial charge in [-0.3, -0.25) is 4.79 Å². The van der Waals surface area contributed by atoms with Gasteiger partial charge in [-0.2, -0.15) is 0 Å². The largest absolute Gasteiger partial charge is 0.449 e. The van der Waals surface area contributed by atoms with E-state index in [9.17, 15) is 9.59 Å². The van der Waals surface area contributed by atoms with Crippen molar-refractivity contribution in [2.75, 3.05) is 5.32 Å². The van der Waals surface area contributed by atoms with Gasteiger partial charge in [-0.05, 0) is 62.2 Å². The smallest absolute Gasteiger partial charge is 0.339 e. The Morgan fingerprint density at radius 2 is 1.65 bits per heavy atom. The van der Waals surface area contributed by atoms with Crippen molar-refractivity contribution in [3.63, 3.8) is 0 Å². The fourth-order valence-electron chi connectivity index (χ4n) is 3.40. The van der Waals surface area contributed by atoms with Crippen molar-refractivity contribution in [1.82, 2.24) is 4.98 Å². The SMILES string of the molecule is Cc1cc(C)cc(NC(=O)C(C)OC(=O)c2ccccc2-c2nc3ccccc3s2)c1. The molecular formula is C25H22N2O3S. The molecule has 4 rings (SSSR count). The lowest BCUT2D eigenvalue weighted by Gasteiger charge is -2.15. The minimum atomic E-state index is -0.947. The number of fused-ring (bicyclic) bond motifs is 1. The first-order valence-electron chi connectivity index (χ1n) is 9.96. The monoisotopic (exact) mass is 430 g/mol. The molecule has 0 spiro atoms. The summed E-state index contributed by atoms with van der Waals surface area (Å²) in [4.78, 5) is 30.1. The van der Waals surface area contributed by atoms with Crippen molar-refractivity contribution in [1.29, 1.82) is 0 Å². The van der Waals surface area contributed by atoms with Crippen LogP contribution in [0.25, 0.3) is 20.8 Å². The highest BCUT2D eigenvalue weighted by atomic mass is 32.1. The molecule has 6 heteroatoms. The summed E-state index contributed by atoms with van der Waals surface area (Å²) < 4.78 is 6.54. The fraction of sp³-hybridized carbons (Fsp3) is 0.160. The fourth-order valence-corrected chi connectivity index (χ4v) is 4.41. The third-order valence-electron chi connectivity index (χ3n) is 4.81. The van der Waals surface area contributed by atoms with Crippen molar-refractivity contribution < 1.29 is 14.3 Å². The number of aryl methyl sites for hydroxylation is 2. The molecule has 0 radical (unpaired) electrons. The maximum absolute atomic E-state index is 12.9. The van der Waals surface area contributed by atoms with Gasteiger partial charge in [0.05, 0.1) is 15.8 Å². The molecular weight excluding hydrogens is 408 g/mol. The van der Waals surface area contributed by atoms with E-state index in [1.54, 1.807) is 19.1 Å². The molecule has 1 N–H and O–H groups in total. The van der Waals surface area contributed by atoms with E-state index in [1.807, 2.05) is 68.4 Å². The Morgan fingerprint density at radius 3 is 2.39 bits per heavy atom. The van der Waals surface area contributed by atoms with Crippen LogP contribution in [0.3, 0.4) is 0 Å². The molecule has 0 aliphatic rings. The lowest BCUT2D eigenvalue weighted by atomic mass is 10.1. The van der Waals surface area contributed by atoms with Gasteiger partial charge in [0.1, 0.15) is 5.01 Å². The standard InChI is InChI=1S/C25H22N2O3S/c1-15-12-16(2)14-18(13-15)26-23(28)17(3)30-25(29)20-9-5-4-8-19(20)24-27-21-10-6-7-11-22(21)31-24/h4-14,17H,1-3H3,(H,26,28). The van der Waals surface area contributed by atoms with Crippen LogP contribution in [-0.4, -0.2) is 23.0 Å². The summed E-state index contributed by atoms with van der Waals surface area (Å²) in [5.41, 5.74) is 4.73. The summed E-state index contributed by atoms with van der Waals surface area (Å²) in [5, 5.41) is 3.55. The summed E-state index contributed by atoms with van der Waals surface area (Å²) in [7, 11) is 0. The molecule has 0 aliphatic carbocycles. The maximum Gasteiger partial charge on any atom is 0.339 e. The van der Waals surface area contributed by atoms with Crippen molar-refractivity contribution in [3.8, 4) is 10.6 Å². The van der Waals surface area contributed by atoms with Crippen LogP contribution in [0.5, 0.6) is 0 Å². The lowest BCUT2D eigenvalue weighted by molar-refractivity contribution is -0.123. The molecule has 0 fully saturated rings. The Morgan fingerprint density at radius 1 is 0.968 bits per heavy atom. The number of aromatic nitrogens is 1. The van der Waals surface area contributed by atoms with Crippen molar-refractivity contribution in [3.05, 3.63) is 83.4 Å². The minimum absolute atomic E-state index is 0.379. The zero-order valence-corrected chi connectivity index (χ0v) is 18.3. The number of benzene rings is 3. The van der Waals surface area contributed by atoms with E-state index in [0.29, 0.717) is 16.8 Å². The molecule has 1 amide bonds. The van der Waals surface area contributed by atoms with Gasteiger partial charge in [0, 0.05) is 11.3 Å². The molecule has 3 aromatic carbocycles. The number of ether oxygens (including phenoxy) is 1. The molecule has 1 unspecified atom stereocenters. The summed E-state index contributed by atoms with van der Waals surface area (Å²) in [5.74, 6) is -0.936. The summed E-state index contributed by atoms with van der Waals surface area (Å²) in [6.45, 7) is 5.49. The van der Waals surface area contributed by atoms with Gasteiger partial charge in [0.2, 0.25) is 0 Å². The Hall–Kier alpha value is -3.51. The van der Waals surface area contributed by atoms with E-state index in [4.69, 9.17) is 4.74 Å². The first-order chi connectivity index (χ1) is 14.9. The number of nitrogens with zero attached hydrogens (tertiary/aromatic N) is 1. The van der Waals surface area contributed by atoms with Gasteiger partial charge in [-0.1, -0.05) is 36.4 Å². The predicted octanol–water partition coefficient (Wildman–Crippen LogP) is 5.76. The third kappa shape index (κ3) is 4.64. The number of esters is 1. The van der Waals surface area contributed by atoms with Crippen molar-refractivity contribution in [2.45, 2.75) is 26.9 Å². The van der Waals surface area contributed by atoms with Gasteiger partial charge >= 0.3 is 5.97 Å². The van der Waals surface area contributed by atoms with Crippen LogP contribution in [0.15, 0.2) is 66.7 Å². The van der Waals surface area contributed by atoms with E-state index in [-0.39, 0.29) is 5.91 Å². The maximum atomic E-state index is 12.9. The molecule has 1 heterocycles. The molecule has 4 aromatic rings. The quantitative estimate of drug-likeness (QED) is 0.409. The number of amides is 1. The number of para-hydroxylation sites is 1. The van der Waals surface area contributed by atoms with Crippen molar-refractivity contribution >= 4 is 39.1 Å². The lowest BCUT2D eigenvalue weighted by Crippen LogP contribution is -2.30. The van der Waals surface area contributed by atoms with Gasteiger partial charge in [0.15, 0.2) is 6.10 Å². The summed E-state index contributed by atoms with van der Waals surface area (Å²) in [6.07, 6.45) is -0.947. The van der Waals surface area contributed by atoms with Crippen LogP contribution in [0, 0.1) is 13.8 Å². The number of rotatable bonds is 5. The number of hydrogen-bond donors (Lipinski definition) is 1. The first-order valence-corrected chi connectivity index (χ1v) is 10.8. The summed E-state index contributed by atoms with van der Waals surface area (Å²) >= 11 is 1.51. The molecule has 5 nitrogen and oxygen atoms in total. The van der Waals surface area contributed by atoms with Gasteiger partial charge in [-0.15, -0.1) is 11.3 Å². The van der Waals surface area contributed by atoms with E-state index in [0.717, 1.165) is 26.4 Å². The number of nitrogens with one attached hydrogen (secondary N) is 1. The zero-order chi connectivity index (χ0) is 22.0. The highest BCUT2D eigenvalue weighted by Gasteiger charge is 2.22. The van der Waals surface area contributed by atoms with E-state index >= 15 is 0 Å². The third-order valence-corrected chi connectivity index (χ3v) is 5.88. The van der Waals surface area contributed by atoms with E-state index in [1.165, 1.54) is 11.3 Å². The van der Waals surface area contributed by atoms with Gasteiger partial charge in [0.25, 0.3) is 5.91 Å². The molecule has 0 saturated heterocycles. The Balaban J connectivity index is 1.52. The molecule has 1 aromatic heterocycles. The van der Waals surface area contributed by atoms with Crippen LogP contribution >= 0.6 is 11.3 Å². The van der Waals surface area contributed by atoms with Gasteiger partial charge in [-0.25, -0.2) is 9.78 Å². The topological polar surface area (TPSA) is 68.3 Å². The Labute approximate surface area is 184 Å². The average Bonchev–Trinajstić information content (AvgIpc) is 3.17. The van der Waals surface area contributed by atoms with Crippen LogP contribution in [-0.2, 0) is 9.53 Å². The zero-order valence-electron chi connectivity index (χ0n) is 17.5. The minimum Gasteiger partial charge on any atom is -0.449 e. The molecule has 31 heavy (non-hydrogen) atoms. The normalized spacial score (nSPS) is 11.8. The second-order valence-electron chi connectivity index (χ2n) is 7.45. The number of hydrogen-bond acceptors (Lipinski definition) is 5. The second kappa shape index (κ2) is 8.70. The molecule has 0 saturated carbocycles. The molecule has 1 atom stereocenters. The number of anilines is 1. The highest BCUT2D eigenvalue weighted by Crippen LogP contribution is 2.32. The van der Waals surface area contributed by atoms with E-state index < -0.39 is 12.1 Å². The van der Waals surface area contributed by atoms with Crippen LogP contribution in [0.4, 0.5) is 5.69 Å². The van der Waals surface area contributed by atoms with Crippen LogP contribution in [0.2, 0.25) is 0 Å². The average molecular weight is 431 g/mol. The highest BCUT2D eigenvalue weighted by molar-refractivity contribution is 7.21. The number of carbonyl (C=O) groups is 2. The van der Waals surface area contributed by atoms with Gasteiger partial charge < -0.3 is 10.1 Å². The van der Waals surface area contributed by atoms with E-state index in [2.05, 4.69) is 10.3 Å². The predicted molar refractivity (Wildman–Crippen MR) is 124 cm³/mol. The number of thiazole rings is 1. The second-order valence-corrected chi connectivity index (χ2v) is 8.48. The molecule has 0 bridgehead atoms. The Kier molecular flexibility index (Phi) is 5.82. The number of carbonyl (C=O) groups excluding carboxylic acids is 2. The Bertz CT molecular complexity index is 1230. The van der Waals surface area contributed by atoms with Crippen LogP contribution in [0.1, 0.15) is 28.4 Å². The van der Waals surface area contributed by atoms with Crippen molar-refractivity contribution in [2.24, 2.45) is 0 Å². The summed E-state index contributed by atoms with van der Waals surface area (Å²) in [6, 6.07) is 20.8. The first kappa shape index (κ1) is 20.8. The molecule has 0 aliphatic heterocycles. The van der Waals surface area contributed by atoms with Crippen LogP contribution < -0.4 is 5.32 Å².